The van der Waals surface area contributed by atoms with Crippen molar-refractivity contribution in [1.29, 1.82) is 0 Å². The second-order valence-electron chi connectivity index (χ2n) is 5.42. The monoisotopic (exact) mass is 276 g/mol. The van der Waals surface area contributed by atoms with Gasteiger partial charge in [-0.15, -0.1) is 0 Å². The van der Waals surface area contributed by atoms with E-state index in [0.29, 0.717) is 6.04 Å². The van der Waals surface area contributed by atoms with Crippen LogP contribution in [0.15, 0.2) is 24.3 Å². The molecule has 0 aliphatic carbocycles. The van der Waals surface area contributed by atoms with E-state index in [-0.39, 0.29) is 12.0 Å². The maximum Gasteiger partial charge on any atom is 0.253 e. The van der Waals surface area contributed by atoms with E-state index >= 15 is 0 Å². The van der Waals surface area contributed by atoms with Crippen molar-refractivity contribution in [3.05, 3.63) is 29.8 Å². The number of hydrogen-bond acceptors (Lipinski definition) is 3. The van der Waals surface area contributed by atoms with E-state index in [1.807, 2.05) is 43.1 Å². The summed E-state index contributed by atoms with van der Waals surface area (Å²) in [5.74, 6) is 0.898. The van der Waals surface area contributed by atoms with Crippen molar-refractivity contribution in [3.8, 4) is 5.75 Å². The second-order valence-corrected chi connectivity index (χ2v) is 5.42. The number of hydrogen-bond donors (Lipinski definition) is 1. The van der Waals surface area contributed by atoms with Gasteiger partial charge < -0.3 is 15.0 Å². The van der Waals surface area contributed by atoms with E-state index < -0.39 is 0 Å². The molecule has 2 rings (SSSR count). The molecule has 20 heavy (non-hydrogen) atoms. The average Bonchev–Trinajstić information content (AvgIpc) is 3.00. The fourth-order valence-electron chi connectivity index (χ4n) is 2.33. The van der Waals surface area contributed by atoms with Crippen molar-refractivity contribution in [2.24, 2.45) is 0 Å². The van der Waals surface area contributed by atoms with Gasteiger partial charge in [-0.2, -0.15) is 0 Å². The summed E-state index contributed by atoms with van der Waals surface area (Å²) in [6, 6.07) is 7.75. The lowest BCUT2D eigenvalue weighted by atomic mass is 10.1. The van der Waals surface area contributed by atoms with Crippen LogP contribution in [0.1, 0.15) is 37.0 Å². The van der Waals surface area contributed by atoms with Crippen molar-refractivity contribution < 1.29 is 9.53 Å². The van der Waals surface area contributed by atoms with E-state index in [1.54, 1.807) is 0 Å². The molecule has 0 radical (unpaired) electrons. The van der Waals surface area contributed by atoms with E-state index in [2.05, 4.69) is 12.2 Å². The molecule has 1 N–H and O–H groups in total. The molecule has 0 spiro atoms. The molecule has 1 aliphatic rings. The summed E-state index contributed by atoms with van der Waals surface area (Å²) >= 11 is 0. The Morgan fingerprint density at radius 3 is 2.70 bits per heavy atom. The SMILES string of the molecule is CCC(C)Oc1ccc(C(=O)N(C)C2CCNC2)cc1. The molecule has 4 nitrogen and oxygen atoms in total. The first kappa shape index (κ1) is 14.9. The summed E-state index contributed by atoms with van der Waals surface area (Å²) in [5, 5.41) is 3.28. The van der Waals surface area contributed by atoms with Crippen molar-refractivity contribution in [1.82, 2.24) is 10.2 Å². The molecule has 1 aliphatic heterocycles. The number of benzene rings is 1. The Morgan fingerprint density at radius 1 is 1.45 bits per heavy atom. The second kappa shape index (κ2) is 6.75. The highest BCUT2D eigenvalue weighted by Crippen LogP contribution is 2.17. The van der Waals surface area contributed by atoms with Crippen molar-refractivity contribution >= 4 is 5.91 Å². The van der Waals surface area contributed by atoms with Gasteiger partial charge in [0.05, 0.1) is 6.10 Å². The predicted octanol–water partition coefficient (Wildman–Crippen LogP) is 2.30. The van der Waals surface area contributed by atoms with Gasteiger partial charge >= 0.3 is 0 Å². The van der Waals surface area contributed by atoms with E-state index in [1.165, 1.54) is 0 Å². The Balaban J connectivity index is 1.99. The lowest BCUT2D eigenvalue weighted by Crippen LogP contribution is -2.38. The molecule has 1 heterocycles. The number of amides is 1. The van der Waals surface area contributed by atoms with Crippen LogP contribution in [0, 0.1) is 0 Å². The smallest absolute Gasteiger partial charge is 0.253 e. The molecule has 2 atom stereocenters. The fourth-order valence-corrected chi connectivity index (χ4v) is 2.33. The molecule has 0 saturated carbocycles. The molecule has 1 aromatic rings. The van der Waals surface area contributed by atoms with E-state index in [9.17, 15) is 4.79 Å². The third-order valence-corrected chi connectivity index (χ3v) is 3.92. The highest BCUT2D eigenvalue weighted by molar-refractivity contribution is 5.94. The molecule has 1 fully saturated rings. The Labute approximate surface area is 121 Å². The molecule has 0 bridgehead atoms. The fraction of sp³-hybridized carbons (Fsp3) is 0.562. The standard InChI is InChI=1S/C16H24N2O2/c1-4-12(2)20-15-7-5-13(6-8-15)16(19)18(3)14-9-10-17-11-14/h5-8,12,14,17H,4,9-11H2,1-3H3. The minimum Gasteiger partial charge on any atom is -0.491 e. The molecular weight excluding hydrogens is 252 g/mol. The molecule has 1 amide bonds. The van der Waals surface area contributed by atoms with Gasteiger partial charge in [-0.1, -0.05) is 6.92 Å². The summed E-state index contributed by atoms with van der Waals surface area (Å²) < 4.78 is 5.72. The van der Waals surface area contributed by atoms with Gasteiger partial charge in [0.15, 0.2) is 0 Å². The first-order valence-electron chi connectivity index (χ1n) is 7.36. The minimum atomic E-state index is 0.0776. The lowest BCUT2D eigenvalue weighted by Gasteiger charge is -2.24. The first-order chi connectivity index (χ1) is 9.61. The van der Waals surface area contributed by atoms with Gasteiger partial charge in [0.2, 0.25) is 0 Å². The molecule has 2 unspecified atom stereocenters. The number of carbonyl (C=O) groups excluding carboxylic acids is 1. The van der Waals surface area contributed by atoms with Crippen LogP contribution in [0.5, 0.6) is 5.75 Å². The summed E-state index contributed by atoms with van der Waals surface area (Å²) in [6.07, 6.45) is 2.19. The quantitative estimate of drug-likeness (QED) is 0.897. The maximum absolute atomic E-state index is 12.4. The topological polar surface area (TPSA) is 41.6 Å². The van der Waals surface area contributed by atoms with E-state index in [4.69, 9.17) is 4.74 Å². The molecule has 1 saturated heterocycles. The number of rotatable bonds is 5. The van der Waals surface area contributed by atoms with Crippen LogP contribution in [0.4, 0.5) is 0 Å². The predicted molar refractivity (Wildman–Crippen MR) is 80.2 cm³/mol. The number of nitrogens with one attached hydrogen (secondary N) is 1. The Bertz CT molecular complexity index is 438. The number of ether oxygens (including phenoxy) is 1. The first-order valence-corrected chi connectivity index (χ1v) is 7.36. The Hall–Kier alpha value is -1.55. The summed E-state index contributed by atoms with van der Waals surface area (Å²) in [5.41, 5.74) is 0.718. The maximum atomic E-state index is 12.4. The van der Waals surface area contributed by atoms with Gasteiger partial charge in [-0.3, -0.25) is 4.79 Å². The van der Waals surface area contributed by atoms with Crippen LogP contribution in [0.2, 0.25) is 0 Å². The van der Waals surface area contributed by atoms with Gasteiger partial charge in [0.25, 0.3) is 5.91 Å². The van der Waals surface area contributed by atoms with Crippen molar-refractivity contribution in [3.63, 3.8) is 0 Å². The average molecular weight is 276 g/mol. The number of likely N-dealkylation sites (N-methyl/N-ethyl adjacent to an activating group) is 1. The van der Waals surface area contributed by atoms with Crippen LogP contribution in [-0.2, 0) is 0 Å². The van der Waals surface area contributed by atoms with Gasteiger partial charge in [-0.25, -0.2) is 0 Å². The normalized spacial score (nSPS) is 19.6. The summed E-state index contributed by atoms with van der Waals surface area (Å²) in [6.45, 7) is 6.01. The molecule has 110 valence electrons. The zero-order valence-corrected chi connectivity index (χ0v) is 12.6. The molecular formula is C16H24N2O2. The molecule has 4 heteroatoms. The van der Waals surface area contributed by atoms with Crippen LogP contribution >= 0.6 is 0 Å². The molecule has 0 aromatic heterocycles. The summed E-state index contributed by atoms with van der Waals surface area (Å²) in [4.78, 5) is 14.2. The lowest BCUT2D eigenvalue weighted by molar-refractivity contribution is 0.0743. The highest BCUT2D eigenvalue weighted by Gasteiger charge is 2.23. The number of nitrogens with zero attached hydrogens (tertiary/aromatic N) is 1. The summed E-state index contributed by atoms with van der Waals surface area (Å²) in [7, 11) is 1.88. The zero-order valence-electron chi connectivity index (χ0n) is 12.6. The third-order valence-electron chi connectivity index (χ3n) is 3.92. The Morgan fingerprint density at radius 2 is 2.15 bits per heavy atom. The minimum absolute atomic E-state index is 0.0776. The van der Waals surface area contributed by atoms with Gasteiger partial charge in [0, 0.05) is 25.2 Å². The van der Waals surface area contributed by atoms with Crippen LogP contribution in [-0.4, -0.2) is 43.1 Å². The van der Waals surface area contributed by atoms with Crippen LogP contribution < -0.4 is 10.1 Å². The van der Waals surface area contributed by atoms with Crippen LogP contribution in [0.25, 0.3) is 0 Å². The highest BCUT2D eigenvalue weighted by atomic mass is 16.5. The largest absolute Gasteiger partial charge is 0.491 e. The Kier molecular flexibility index (Phi) is 5.01. The van der Waals surface area contributed by atoms with Gasteiger partial charge in [-0.05, 0) is 50.6 Å². The van der Waals surface area contributed by atoms with Crippen molar-refractivity contribution in [2.75, 3.05) is 20.1 Å². The van der Waals surface area contributed by atoms with Crippen LogP contribution in [0.3, 0.4) is 0 Å². The van der Waals surface area contributed by atoms with Crippen molar-refractivity contribution in [2.45, 2.75) is 38.8 Å². The number of carbonyl (C=O) groups is 1. The third kappa shape index (κ3) is 3.51. The van der Waals surface area contributed by atoms with E-state index in [0.717, 1.165) is 37.2 Å². The molecule has 1 aromatic carbocycles. The van der Waals surface area contributed by atoms with Gasteiger partial charge in [0.1, 0.15) is 5.75 Å². The zero-order chi connectivity index (χ0) is 14.5.